The third-order valence-corrected chi connectivity index (χ3v) is 5.73. The number of carbonyl (C=O) groups excluding carboxylic acids is 3. The first-order valence-electron chi connectivity index (χ1n) is 10.1. The molecule has 2 aromatic rings. The Morgan fingerprint density at radius 1 is 1.17 bits per heavy atom. The number of amides is 3. The van der Waals surface area contributed by atoms with Crippen LogP contribution in [0.3, 0.4) is 0 Å². The number of hydrogen-bond donors (Lipinski definition) is 1. The Balaban J connectivity index is 1.41. The quantitative estimate of drug-likeness (QED) is 0.747. The molecule has 0 bridgehead atoms. The van der Waals surface area contributed by atoms with Gasteiger partial charge >= 0.3 is 0 Å². The number of ether oxygens (including phenoxy) is 1. The summed E-state index contributed by atoms with van der Waals surface area (Å²) in [5.74, 6) is 0.204. The highest BCUT2D eigenvalue weighted by Crippen LogP contribution is 2.43. The highest BCUT2D eigenvalue weighted by molar-refractivity contribution is 6.11. The number of nitrogens with one attached hydrogen (secondary N) is 1. The van der Waals surface area contributed by atoms with E-state index in [1.54, 1.807) is 23.1 Å². The molecule has 156 valence electrons. The summed E-state index contributed by atoms with van der Waals surface area (Å²) in [6.45, 7) is 4.37. The van der Waals surface area contributed by atoms with Gasteiger partial charge in [-0.1, -0.05) is 24.3 Å². The van der Waals surface area contributed by atoms with Gasteiger partial charge in [0.05, 0.1) is 17.8 Å². The van der Waals surface area contributed by atoms with Crippen LogP contribution in [0.5, 0.6) is 5.75 Å². The van der Waals surface area contributed by atoms with Crippen molar-refractivity contribution in [1.82, 2.24) is 10.2 Å². The van der Waals surface area contributed by atoms with Crippen molar-refractivity contribution in [1.29, 1.82) is 0 Å². The number of fused-ring (bicyclic) bond motifs is 3. The maximum atomic E-state index is 13.1. The van der Waals surface area contributed by atoms with E-state index in [2.05, 4.69) is 5.32 Å². The van der Waals surface area contributed by atoms with Crippen LogP contribution in [0.1, 0.15) is 35.7 Å². The summed E-state index contributed by atoms with van der Waals surface area (Å²) >= 11 is 0. The molecule has 30 heavy (non-hydrogen) atoms. The second-order valence-corrected chi connectivity index (χ2v) is 7.87. The number of anilines is 1. The van der Waals surface area contributed by atoms with Crippen LogP contribution in [0.4, 0.5) is 5.69 Å². The van der Waals surface area contributed by atoms with Gasteiger partial charge in [-0.15, -0.1) is 0 Å². The number of hydrogen-bond acceptors (Lipinski definition) is 4. The van der Waals surface area contributed by atoms with Crippen molar-refractivity contribution < 1.29 is 19.1 Å². The van der Waals surface area contributed by atoms with E-state index in [4.69, 9.17) is 4.74 Å². The molecule has 1 saturated heterocycles. The van der Waals surface area contributed by atoms with Gasteiger partial charge in [-0.2, -0.15) is 0 Å². The van der Waals surface area contributed by atoms with Crippen molar-refractivity contribution in [3.8, 4) is 5.75 Å². The number of carbonyl (C=O) groups is 3. The van der Waals surface area contributed by atoms with Crippen molar-refractivity contribution in [2.24, 2.45) is 0 Å². The maximum absolute atomic E-state index is 13.1. The largest absolute Gasteiger partial charge is 0.492 e. The van der Waals surface area contributed by atoms with E-state index < -0.39 is 5.66 Å². The Hall–Kier alpha value is -3.35. The number of nitrogens with zero attached hydrogens (tertiary/aromatic N) is 2. The molecule has 0 aromatic heterocycles. The zero-order chi connectivity index (χ0) is 21.3. The molecule has 2 aliphatic rings. The molecule has 1 N–H and O–H groups in total. The number of rotatable bonds is 6. The van der Waals surface area contributed by atoms with E-state index in [9.17, 15) is 14.4 Å². The molecule has 1 unspecified atom stereocenters. The van der Waals surface area contributed by atoms with E-state index in [1.807, 2.05) is 44.2 Å². The topological polar surface area (TPSA) is 79.0 Å². The number of para-hydroxylation sites is 1. The summed E-state index contributed by atoms with van der Waals surface area (Å²) in [6, 6.07) is 14.8. The summed E-state index contributed by atoms with van der Waals surface area (Å²) in [4.78, 5) is 41.4. The van der Waals surface area contributed by atoms with Crippen LogP contribution in [-0.4, -0.2) is 48.0 Å². The van der Waals surface area contributed by atoms with Gasteiger partial charge in [0.25, 0.3) is 5.91 Å². The molecule has 0 radical (unpaired) electrons. The fourth-order valence-electron chi connectivity index (χ4n) is 4.21. The fraction of sp³-hybridized carbons (Fsp3) is 0.348. The van der Waals surface area contributed by atoms with E-state index in [-0.39, 0.29) is 24.3 Å². The highest BCUT2D eigenvalue weighted by Gasteiger charge is 2.53. The van der Waals surface area contributed by atoms with Gasteiger partial charge < -0.3 is 15.0 Å². The Morgan fingerprint density at radius 3 is 2.77 bits per heavy atom. The number of aryl methyl sites for hydroxylation is 1. The molecule has 1 fully saturated rings. The monoisotopic (exact) mass is 407 g/mol. The standard InChI is InChI=1S/C23H25N3O4/c1-16-6-5-7-17(14-16)30-13-12-24-20(27)15-25-22(29)18-8-3-4-9-19(18)26-21(28)10-11-23(25,26)2/h3-9,14H,10-13,15H2,1-2H3,(H,24,27). The van der Waals surface area contributed by atoms with Gasteiger partial charge in [0.2, 0.25) is 11.8 Å². The molecule has 0 saturated carbocycles. The van der Waals surface area contributed by atoms with Crippen LogP contribution in [0.2, 0.25) is 0 Å². The summed E-state index contributed by atoms with van der Waals surface area (Å²) in [6.07, 6.45) is 0.843. The molecule has 0 spiro atoms. The summed E-state index contributed by atoms with van der Waals surface area (Å²) in [7, 11) is 0. The van der Waals surface area contributed by atoms with Crippen molar-refractivity contribution in [3.05, 3.63) is 59.7 Å². The zero-order valence-corrected chi connectivity index (χ0v) is 17.2. The Bertz CT molecular complexity index is 1010. The minimum absolute atomic E-state index is 0.0330. The lowest BCUT2D eigenvalue weighted by atomic mass is 9.98. The van der Waals surface area contributed by atoms with E-state index in [1.165, 1.54) is 4.90 Å². The summed E-state index contributed by atoms with van der Waals surface area (Å²) < 4.78 is 5.65. The first-order chi connectivity index (χ1) is 14.4. The molecule has 4 rings (SSSR count). The second kappa shape index (κ2) is 7.82. The molecular weight excluding hydrogens is 382 g/mol. The first kappa shape index (κ1) is 19.9. The van der Waals surface area contributed by atoms with Gasteiger partial charge in [0, 0.05) is 6.42 Å². The van der Waals surface area contributed by atoms with Crippen molar-refractivity contribution in [2.75, 3.05) is 24.6 Å². The summed E-state index contributed by atoms with van der Waals surface area (Å²) in [5.41, 5.74) is 1.33. The lowest BCUT2D eigenvalue weighted by molar-refractivity contribution is -0.124. The zero-order valence-electron chi connectivity index (χ0n) is 17.2. The molecule has 3 amide bonds. The molecule has 0 aliphatic carbocycles. The van der Waals surface area contributed by atoms with Crippen LogP contribution < -0.4 is 15.0 Å². The van der Waals surface area contributed by atoms with Gasteiger partial charge in [0.1, 0.15) is 24.6 Å². The third kappa shape index (κ3) is 3.51. The van der Waals surface area contributed by atoms with Crippen molar-refractivity contribution in [2.45, 2.75) is 32.4 Å². The van der Waals surface area contributed by atoms with Crippen LogP contribution >= 0.6 is 0 Å². The smallest absolute Gasteiger partial charge is 0.258 e. The Labute approximate surface area is 175 Å². The van der Waals surface area contributed by atoms with Crippen LogP contribution in [0, 0.1) is 6.92 Å². The summed E-state index contributed by atoms with van der Waals surface area (Å²) in [5, 5.41) is 2.81. The minimum atomic E-state index is -0.835. The van der Waals surface area contributed by atoms with Gasteiger partial charge in [-0.3, -0.25) is 19.3 Å². The number of benzene rings is 2. The van der Waals surface area contributed by atoms with Crippen molar-refractivity contribution in [3.63, 3.8) is 0 Å². The SMILES string of the molecule is Cc1cccc(OCCNC(=O)CN2C(=O)c3ccccc3N3C(=O)CCC23C)c1. The molecule has 7 nitrogen and oxygen atoms in total. The van der Waals surface area contributed by atoms with Crippen LogP contribution in [-0.2, 0) is 9.59 Å². The highest BCUT2D eigenvalue weighted by atomic mass is 16.5. The second-order valence-electron chi connectivity index (χ2n) is 7.87. The molecule has 2 heterocycles. The average Bonchev–Trinajstić information content (AvgIpc) is 3.04. The molecule has 7 heteroatoms. The Morgan fingerprint density at radius 2 is 1.97 bits per heavy atom. The van der Waals surface area contributed by atoms with E-state index in [0.717, 1.165) is 11.3 Å². The maximum Gasteiger partial charge on any atom is 0.258 e. The van der Waals surface area contributed by atoms with Crippen molar-refractivity contribution >= 4 is 23.4 Å². The van der Waals surface area contributed by atoms with Gasteiger partial charge in [-0.05, 0) is 50.1 Å². The van der Waals surface area contributed by atoms with Gasteiger partial charge in [0.15, 0.2) is 0 Å². The minimum Gasteiger partial charge on any atom is -0.492 e. The van der Waals surface area contributed by atoms with Crippen LogP contribution in [0.15, 0.2) is 48.5 Å². The average molecular weight is 407 g/mol. The predicted octanol–water partition coefficient (Wildman–Crippen LogP) is 2.49. The lowest BCUT2D eigenvalue weighted by Gasteiger charge is -2.48. The molecule has 1 atom stereocenters. The Kier molecular flexibility index (Phi) is 5.20. The van der Waals surface area contributed by atoms with Crippen LogP contribution in [0.25, 0.3) is 0 Å². The lowest BCUT2D eigenvalue weighted by Crippen LogP contribution is -2.63. The molecular formula is C23H25N3O4. The molecule has 2 aliphatic heterocycles. The predicted molar refractivity (Wildman–Crippen MR) is 112 cm³/mol. The van der Waals surface area contributed by atoms with E-state index >= 15 is 0 Å². The molecule has 2 aromatic carbocycles. The third-order valence-electron chi connectivity index (χ3n) is 5.73. The fourth-order valence-corrected chi connectivity index (χ4v) is 4.21. The van der Waals surface area contributed by atoms with Gasteiger partial charge in [-0.25, -0.2) is 0 Å². The van der Waals surface area contributed by atoms with E-state index in [0.29, 0.717) is 37.2 Å². The first-order valence-corrected chi connectivity index (χ1v) is 10.1. The normalized spacial score (nSPS) is 20.1.